The Morgan fingerprint density at radius 1 is 1.29 bits per heavy atom. The quantitative estimate of drug-likeness (QED) is 0.856. The van der Waals surface area contributed by atoms with Gasteiger partial charge in [0.05, 0.1) is 11.0 Å². The number of hydrogen-bond donors (Lipinski definition) is 0. The summed E-state index contributed by atoms with van der Waals surface area (Å²) in [6.45, 7) is 3.45. The highest BCUT2D eigenvalue weighted by atomic mass is 79.9. The van der Waals surface area contributed by atoms with E-state index in [-0.39, 0.29) is 17.7 Å². The second-order valence-electron chi connectivity index (χ2n) is 3.75. The van der Waals surface area contributed by atoms with Gasteiger partial charge in [-0.1, -0.05) is 26.0 Å². The second kappa shape index (κ2) is 5.19. The summed E-state index contributed by atoms with van der Waals surface area (Å²) in [6.07, 6.45) is 0.563. The van der Waals surface area contributed by atoms with Crippen molar-refractivity contribution in [3.05, 3.63) is 28.7 Å². The van der Waals surface area contributed by atoms with Crippen LogP contribution in [0.3, 0.4) is 0 Å². The van der Waals surface area contributed by atoms with E-state index < -0.39 is 14.6 Å². The van der Waals surface area contributed by atoms with Crippen molar-refractivity contribution in [1.29, 1.82) is 5.26 Å². The van der Waals surface area contributed by atoms with Crippen molar-refractivity contribution >= 4 is 25.8 Å². The van der Waals surface area contributed by atoms with Crippen LogP contribution in [0.5, 0.6) is 0 Å². The van der Waals surface area contributed by atoms with E-state index in [4.69, 9.17) is 0 Å². The third-order valence-electron chi connectivity index (χ3n) is 2.99. The van der Waals surface area contributed by atoms with Crippen molar-refractivity contribution in [2.75, 3.05) is 0 Å². The average molecular weight is 316 g/mol. The maximum atomic E-state index is 12.5. The molecule has 0 aliphatic carbocycles. The van der Waals surface area contributed by atoms with Gasteiger partial charge in [-0.05, 0) is 40.9 Å². The van der Waals surface area contributed by atoms with Crippen LogP contribution in [0.1, 0.15) is 26.7 Å². The largest absolute Gasteiger partial charge is 0.222 e. The van der Waals surface area contributed by atoms with Gasteiger partial charge >= 0.3 is 0 Å². The molecule has 0 saturated heterocycles. The van der Waals surface area contributed by atoms with Gasteiger partial charge in [0.15, 0.2) is 14.6 Å². The van der Waals surface area contributed by atoms with Crippen LogP contribution < -0.4 is 0 Å². The SMILES string of the molecule is CCC(C#N)(CC)S(=O)(=O)c1ccccc1Br. The zero-order chi connectivity index (χ0) is 13.1. The van der Waals surface area contributed by atoms with E-state index in [1.165, 1.54) is 6.07 Å². The van der Waals surface area contributed by atoms with Crippen LogP contribution in [0, 0.1) is 11.3 Å². The zero-order valence-corrected chi connectivity index (χ0v) is 12.2. The number of halogens is 1. The molecular formula is C12H14BrNO2S. The minimum Gasteiger partial charge on any atom is -0.222 e. The van der Waals surface area contributed by atoms with E-state index in [0.29, 0.717) is 4.47 Å². The molecule has 92 valence electrons. The van der Waals surface area contributed by atoms with Gasteiger partial charge in [0.25, 0.3) is 0 Å². The molecule has 1 aromatic carbocycles. The molecule has 0 unspecified atom stereocenters. The molecule has 0 aliphatic rings. The Balaban J connectivity index is 3.50. The highest BCUT2D eigenvalue weighted by Gasteiger charge is 2.42. The van der Waals surface area contributed by atoms with Crippen LogP contribution in [0.25, 0.3) is 0 Å². The molecule has 1 aromatic rings. The van der Waals surface area contributed by atoms with E-state index in [2.05, 4.69) is 15.9 Å². The van der Waals surface area contributed by atoms with Crippen molar-refractivity contribution in [2.45, 2.75) is 36.3 Å². The molecule has 0 fully saturated rings. The molecule has 0 radical (unpaired) electrons. The second-order valence-corrected chi connectivity index (χ2v) is 6.83. The van der Waals surface area contributed by atoms with Crippen molar-refractivity contribution in [1.82, 2.24) is 0 Å². The number of rotatable bonds is 4. The smallest absolute Gasteiger partial charge is 0.198 e. The van der Waals surface area contributed by atoms with Crippen LogP contribution in [-0.2, 0) is 9.84 Å². The van der Waals surface area contributed by atoms with Crippen LogP contribution in [-0.4, -0.2) is 13.2 Å². The van der Waals surface area contributed by atoms with Crippen LogP contribution in [0.15, 0.2) is 33.6 Å². The standard InChI is InChI=1S/C12H14BrNO2S/c1-3-12(4-2,9-14)17(15,16)11-8-6-5-7-10(11)13/h5-8H,3-4H2,1-2H3. The third-order valence-corrected chi connectivity index (χ3v) is 6.57. The zero-order valence-electron chi connectivity index (χ0n) is 9.77. The Morgan fingerprint density at radius 2 is 1.82 bits per heavy atom. The molecule has 0 amide bonds. The maximum Gasteiger partial charge on any atom is 0.198 e. The Bertz CT molecular complexity index is 542. The van der Waals surface area contributed by atoms with Crippen molar-refractivity contribution in [3.8, 4) is 6.07 Å². The normalized spacial score (nSPS) is 12.1. The van der Waals surface area contributed by atoms with Gasteiger partial charge in [-0.15, -0.1) is 0 Å². The topological polar surface area (TPSA) is 57.9 Å². The van der Waals surface area contributed by atoms with E-state index >= 15 is 0 Å². The lowest BCUT2D eigenvalue weighted by Gasteiger charge is -2.24. The Morgan fingerprint density at radius 3 is 2.24 bits per heavy atom. The summed E-state index contributed by atoms with van der Waals surface area (Å²) in [6, 6.07) is 8.57. The Kier molecular flexibility index (Phi) is 4.34. The van der Waals surface area contributed by atoms with Crippen molar-refractivity contribution < 1.29 is 8.42 Å². The molecule has 17 heavy (non-hydrogen) atoms. The van der Waals surface area contributed by atoms with Crippen LogP contribution in [0.2, 0.25) is 0 Å². The van der Waals surface area contributed by atoms with Crippen LogP contribution >= 0.6 is 15.9 Å². The molecule has 3 nitrogen and oxygen atoms in total. The van der Waals surface area contributed by atoms with Gasteiger partial charge in [-0.25, -0.2) is 8.42 Å². The third kappa shape index (κ3) is 2.24. The lowest BCUT2D eigenvalue weighted by atomic mass is 10.1. The van der Waals surface area contributed by atoms with Gasteiger partial charge in [0.1, 0.15) is 0 Å². The fourth-order valence-corrected chi connectivity index (χ4v) is 4.53. The minimum atomic E-state index is -3.65. The summed E-state index contributed by atoms with van der Waals surface area (Å²) >= 11 is 3.22. The first-order valence-corrected chi connectivity index (χ1v) is 7.63. The molecule has 0 saturated carbocycles. The molecule has 5 heteroatoms. The monoisotopic (exact) mass is 315 g/mol. The molecular weight excluding hydrogens is 302 g/mol. The summed E-state index contributed by atoms with van der Waals surface area (Å²) in [5, 5.41) is 9.22. The van der Waals surface area contributed by atoms with Crippen molar-refractivity contribution in [3.63, 3.8) is 0 Å². The fraction of sp³-hybridized carbons (Fsp3) is 0.417. The molecule has 1 rings (SSSR count). The summed E-state index contributed by atoms with van der Waals surface area (Å²) < 4.78 is 24.2. The first kappa shape index (κ1) is 14.2. The van der Waals surface area contributed by atoms with Crippen molar-refractivity contribution in [2.24, 2.45) is 0 Å². The van der Waals surface area contributed by atoms with E-state index in [9.17, 15) is 13.7 Å². The van der Waals surface area contributed by atoms with Gasteiger partial charge in [0.2, 0.25) is 0 Å². The molecule has 0 heterocycles. The Labute approximate surface area is 111 Å². The van der Waals surface area contributed by atoms with Crippen LogP contribution in [0.4, 0.5) is 0 Å². The number of nitriles is 1. The van der Waals surface area contributed by atoms with E-state index in [1.54, 1.807) is 32.0 Å². The summed E-state index contributed by atoms with van der Waals surface area (Å²) in [5.74, 6) is 0. The van der Waals surface area contributed by atoms with E-state index in [1.807, 2.05) is 6.07 Å². The average Bonchev–Trinajstić information content (AvgIpc) is 2.32. The molecule has 0 bridgehead atoms. The first-order valence-electron chi connectivity index (χ1n) is 5.35. The first-order chi connectivity index (χ1) is 7.95. The van der Waals surface area contributed by atoms with Gasteiger partial charge < -0.3 is 0 Å². The number of sulfone groups is 1. The number of hydrogen-bond acceptors (Lipinski definition) is 3. The lowest BCUT2D eigenvalue weighted by molar-refractivity contribution is 0.539. The number of nitrogens with zero attached hydrogens (tertiary/aromatic N) is 1. The lowest BCUT2D eigenvalue weighted by Crippen LogP contribution is -2.36. The molecule has 0 aromatic heterocycles. The van der Waals surface area contributed by atoms with Gasteiger partial charge in [-0.2, -0.15) is 5.26 Å². The van der Waals surface area contributed by atoms with Gasteiger partial charge in [-0.3, -0.25) is 0 Å². The predicted octanol–water partition coefficient (Wildman–Crippen LogP) is 3.31. The fourth-order valence-electron chi connectivity index (χ4n) is 1.72. The minimum absolute atomic E-state index is 0.185. The molecule has 0 aliphatic heterocycles. The highest BCUT2D eigenvalue weighted by molar-refractivity contribution is 9.10. The highest BCUT2D eigenvalue weighted by Crippen LogP contribution is 2.34. The summed E-state index contributed by atoms with van der Waals surface area (Å²) in [5.41, 5.74) is 0. The number of benzene rings is 1. The summed E-state index contributed by atoms with van der Waals surface area (Å²) in [4.78, 5) is 0.185. The summed E-state index contributed by atoms with van der Waals surface area (Å²) in [7, 11) is -3.65. The Hall–Kier alpha value is -0.860. The van der Waals surface area contributed by atoms with E-state index in [0.717, 1.165) is 0 Å². The molecule has 0 atom stereocenters. The predicted molar refractivity (Wildman–Crippen MR) is 70.3 cm³/mol. The molecule has 0 spiro atoms. The van der Waals surface area contributed by atoms with Gasteiger partial charge in [0, 0.05) is 4.47 Å². The molecule has 0 N–H and O–H groups in total. The maximum absolute atomic E-state index is 12.5.